The Morgan fingerprint density at radius 1 is 1.33 bits per heavy atom. The number of hydrogen-bond donors (Lipinski definition) is 0. The first-order valence-electron chi connectivity index (χ1n) is 5.56. The zero-order valence-corrected chi connectivity index (χ0v) is 12.0. The molecule has 2 heteroatoms. The predicted molar refractivity (Wildman–Crippen MR) is 74.7 cm³/mol. The Labute approximate surface area is 102 Å². The Morgan fingerprint density at radius 3 is 2.53 bits per heavy atom. The van der Waals surface area contributed by atoms with Crippen LogP contribution in [0.2, 0.25) is 6.04 Å². The molecule has 1 aromatic rings. The number of hydrogen-bond acceptors (Lipinski definition) is 0. The summed E-state index contributed by atoms with van der Waals surface area (Å²) < 4.78 is 0. The molecule has 0 heterocycles. The molecule has 15 heavy (non-hydrogen) atoms. The third-order valence-electron chi connectivity index (χ3n) is 2.65. The van der Waals surface area contributed by atoms with Crippen LogP contribution in [0.15, 0.2) is 42.6 Å². The Morgan fingerprint density at radius 2 is 2.00 bits per heavy atom. The fourth-order valence-corrected chi connectivity index (χ4v) is 5.86. The summed E-state index contributed by atoms with van der Waals surface area (Å²) in [5.41, 5.74) is 3.60. The minimum absolute atomic E-state index is 1.16. The number of rotatable bonds is 6. The number of benzene rings is 1. The van der Waals surface area contributed by atoms with Gasteiger partial charge in [0.1, 0.15) is 0 Å². The van der Waals surface area contributed by atoms with Crippen LogP contribution in [-0.2, 0) is 6.04 Å². The Kier molecular flexibility index (Phi) is 5.33. The highest BCUT2D eigenvalue weighted by Gasteiger charge is 2.25. The summed E-state index contributed by atoms with van der Waals surface area (Å²) in [5.74, 6) is 0. The van der Waals surface area contributed by atoms with Gasteiger partial charge in [0.05, 0.1) is 0 Å². The molecule has 82 valence electrons. The second kappa shape index (κ2) is 6.29. The Balaban J connectivity index is 2.63. The van der Waals surface area contributed by atoms with Gasteiger partial charge in [-0.1, -0.05) is 55.8 Å². The van der Waals surface area contributed by atoms with Gasteiger partial charge in [-0.3, -0.25) is 0 Å². The summed E-state index contributed by atoms with van der Waals surface area (Å²) in [6, 6.07) is 13.2. The molecule has 0 spiro atoms. The fourth-order valence-electron chi connectivity index (χ4n) is 1.67. The molecule has 0 saturated heterocycles. The van der Waals surface area contributed by atoms with E-state index in [0.717, 1.165) is 6.04 Å². The lowest BCUT2D eigenvalue weighted by atomic mass is 10.2. The molecule has 0 aromatic heterocycles. The number of halogens is 1. The highest BCUT2D eigenvalue weighted by molar-refractivity contribution is 9.26. The maximum absolute atomic E-state index is 4.00. The van der Waals surface area contributed by atoms with Crippen LogP contribution in [-0.4, -0.2) is 6.69 Å². The zero-order chi connectivity index (χ0) is 11.1. The molecule has 0 aliphatic carbocycles. The molecule has 1 atom stereocenters. The second-order valence-corrected chi connectivity index (χ2v) is 12.1. The van der Waals surface area contributed by atoms with Crippen LogP contribution in [0.5, 0.6) is 0 Å². The van der Waals surface area contributed by atoms with Crippen LogP contribution >= 0.6 is 15.3 Å². The summed E-state index contributed by atoms with van der Waals surface area (Å²) in [6.07, 6.45) is 2.57. The van der Waals surface area contributed by atoms with E-state index >= 15 is 0 Å². The van der Waals surface area contributed by atoms with Crippen LogP contribution in [0.1, 0.15) is 25.3 Å². The normalized spacial score (nSPS) is 14.5. The lowest BCUT2D eigenvalue weighted by Crippen LogP contribution is -2.27. The van der Waals surface area contributed by atoms with Crippen LogP contribution in [0.25, 0.3) is 0 Å². The van der Waals surface area contributed by atoms with E-state index in [1.807, 2.05) is 0 Å². The largest absolute Gasteiger partial charge is 0.157 e. The highest BCUT2D eigenvalue weighted by Crippen LogP contribution is 2.26. The summed E-state index contributed by atoms with van der Waals surface area (Å²) in [6.45, 7) is 4.83. The average Bonchev–Trinajstić information content (AvgIpc) is 2.28. The lowest BCUT2D eigenvalue weighted by molar-refractivity contribution is 0.871. The van der Waals surface area contributed by atoms with Gasteiger partial charge >= 0.3 is 0 Å². The molecule has 0 nitrogen and oxygen atoms in total. The molecule has 0 aliphatic heterocycles. The summed E-state index contributed by atoms with van der Waals surface area (Å²) in [7, 11) is 0. The molecule has 1 rings (SSSR count). The standard InChI is InChI=1S/C13H19BrSi/c1-3-5-11-15(14,4-2)12-13-9-7-6-8-10-13/h4,6-10H,2-3,5,11-12H2,1H3. The minimum atomic E-state index is -1.41. The molecule has 1 aromatic carbocycles. The van der Waals surface area contributed by atoms with Gasteiger partial charge in [0.15, 0.2) is 6.69 Å². The molecule has 1 unspecified atom stereocenters. The van der Waals surface area contributed by atoms with Crippen LogP contribution in [0, 0.1) is 0 Å². The van der Waals surface area contributed by atoms with Crippen molar-refractivity contribution in [3.8, 4) is 0 Å². The summed E-state index contributed by atoms with van der Waals surface area (Å²) in [4.78, 5) is 0. The lowest BCUT2D eigenvalue weighted by Gasteiger charge is -2.20. The van der Waals surface area contributed by atoms with Gasteiger partial charge in [0.25, 0.3) is 0 Å². The van der Waals surface area contributed by atoms with Crippen molar-refractivity contribution in [3.05, 3.63) is 48.2 Å². The Hall–Kier alpha value is -0.343. The molecule has 0 bridgehead atoms. The van der Waals surface area contributed by atoms with Gasteiger partial charge < -0.3 is 0 Å². The van der Waals surface area contributed by atoms with Gasteiger partial charge in [-0.15, -0.1) is 21.9 Å². The molecular formula is C13H19BrSi. The summed E-state index contributed by atoms with van der Waals surface area (Å²) >= 11 is 3.94. The number of unbranched alkanes of at least 4 members (excludes halogenated alkanes) is 1. The first kappa shape index (κ1) is 12.7. The van der Waals surface area contributed by atoms with E-state index in [0.29, 0.717) is 0 Å². The van der Waals surface area contributed by atoms with Gasteiger partial charge in [-0.2, -0.15) is 0 Å². The van der Waals surface area contributed by atoms with E-state index in [4.69, 9.17) is 0 Å². The van der Waals surface area contributed by atoms with Crippen molar-refractivity contribution >= 4 is 22.0 Å². The van der Waals surface area contributed by atoms with Gasteiger partial charge in [0, 0.05) is 0 Å². The molecule has 0 aliphatic rings. The van der Waals surface area contributed by atoms with Crippen molar-refractivity contribution < 1.29 is 0 Å². The highest BCUT2D eigenvalue weighted by atomic mass is 79.9. The quantitative estimate of drug-likeness (QED) is 0.527. The van der Waals surface area contributed by atoms with Crippen LogP contribution in [0.4, 0.5) is 0 Å². The van der Waals surface area contributed by atoms with Crippen molar-refractivity contribution in [2.45, 2.75) is 31.9 Å². The SMILES string of the molecule is C=C[Si](Br)(CCCC)Cc1ccccc1. The van der Waals surface area contributed by atoms with E-state index in [-0.39, 0.29) is 0 Å². The smallest absolute Gasteiger partial charge is 0.120 e. The molecular weight excluding hydrogens is 264 g/mol. The van der Waals surface area contributed by atoms with Gasteiger partial charge in [-0.25, -0.2) is 0 Å². The van der Waals surface area contributed by atoms with E-state index < -0.39 is 6.69 Å². The first-order valence-corrected chi connectivity index (χ1v) is 10.3. The van der Waals surface area contributed by atoms with Crippen LogP contribution < -0.4 is 0 Å². The van der Waals surface area contributed by atoms with E-state index in [1.54, 1.807) is 0 Å². The molecule has 0 fully saturated rings. The van der Waals surface area contributed by atoms with E-state index in [2.05, 4.69) is 64.8 Å². The van der Waals surface area contributed by atoms with Crippen molar-refractivity contribution in [3.63, 3.8) is 0 Å². The van der Waals surface area contributed by atoms with Crippen molar-refractivity contribution in [2.75, 3.05) is 0 Å². The second-order valence-electron chi connectivity index (χ2n) is 4.00. The topological polar surface area (TPSA) is 0 Å². The van der Waals surface area contributed by atoms with Gasteiger partial charge in [-0.05, 0) is 17.7 Å². The molecule has 0 saturated carbocycles. The molecule has 0 amide bonds. The third-order valence-corrected chi connectivity index (χ3v) is 8.57. The van der Waals surface area contributed by atoms with E-state index in [1.165, 1.54) is 24.4 Å². The first-order chi connectivity index (χ1) is 7.20. The predicted octanol–water partition coefficient (Wildman–Crippen LogP) is 4.63. The third kappa shape index (κ3) is 4.35. The zero-order valence-electron chi connectivity index (χ0n) is 9.38. The van der Waals surface area contributed by atoms with Crippen molar-refractivity contribution in [2.24, 2.45) is 0 Å². The molecule has 0 N–H and O–H groups in total. The minimum Gasteiger partial charge on any atom is -0.120 e. The maximum atomic E-state index is 4.00. The summed E-state index contributed by atoms with van der Waals surface area (Å²) in [5, 5.41) is 0. The van der Waals surface area contributed by atoms with Crippen LogP contribution in [0.3, 0.4) is 0 Å². The maximum Gasteiger partial charge on any atom is 0.157 e. The fraction of sp³-hybridized carbons (Fsp3) is 0.385. The average molecular weight is 283 g/mol. The van der Waals surface area contributed by atoms with Crippen molar-refractivity contribution in [1.82, 2.24) is 0 Å². The van der Waals surface area contributed by atoms with Gasteiger partial charge in [0.2, 0.25) is 0 Å². The Bertz CT molecular complexity index is 297. The molecule has 0 radical (unpaired) electrons. The van der Waals surface area contributed by atoms with Crippen molar-refractivity contribution in [1.29, 1.82) is 0 Å². The monoisotopic (exact) mass is 282 g/mol. The van der Waals surface area contributed by atoms with E-state index in [9.17, 15) is 0 Å².